The van der Waals surface area contributed by atoms with E-state index in [-0.39, 0.29) is 0 Å². The van der Waals surface area contributed by atoms with Crippen LogP contribution in [0, 0.1) is 11.8 Å². The van der Waals surface area contributed by atoms with Crippen LogP contribution in [-0.4, -0.2) is 25.0 Å². The smallest absolute Gasteiger partial charge is 0.00919 e. The first-order chi connectivity index (χ1) is 5.61. The number of nitrogens with zero attached hydrogens (tertiary/aromatic N) is 1. The molecule has 0 bridgehead atoms. The highest BCUT2D eigenvalue weighted by atomic mass is 15.1. The third-order valence-electron chi connectivity index (χ3n) is 3.36. The third-order valence-corrected chi connectivity index (χ3v) is 3.36. The van der Waals surface area contributed by atoms with Gasteiger partial charge in [-0.1, -0.05) is 26.7 Å². The van der Waals surface area contributed by atoms with Crippen LogP contribution in [0.1, 0.15) is 39.5 Å². The fourth-order valence-corrected chi connectivity index (χ4v) is 2.28. The zero-order valence-electron chi connectivity index (χ0n) is 9.01. The van der Waals surface area contributed by atoms with Crippen molar-refractivity contribution in [2.45, 2.75) is 45.6 Å². The molecule has 0 aliphatic heterocycles. The summed E-state index contributed by atoms with van der Waals surface area (Å²) in [4.78, 5) is 2.40. The van der Waals surface area contributed by atoms with Crippen molar-refractivity contribution in [2.24, 2.45) is 11.8 Å². The lowest BCUT2D eigenvalue weighted by Gasteiger charge is -2.35. The van der Waals surface area contributed by atoms with Crippen LogP contribution in [-0.2, 0) is 0 Å². The zero-order chi connectivity index (χ0) is 9.14. The Balaban J connectivity index is 2.40. The van der Waals surface area contributed by atoms with Crippen molar-refractivity contribution in [1.82, 2.24) is 4.90 Å². The number of rotatable bonds is 2. The molecule has 0 spiro atoms. The Hall–Kier alpha value is -0.0400. The Morgan fingerprint density at radius 1 is 1.17 bits per heavy atom. The van der Waals surface area contributed by atoms with Crippen LogP contribution >= 0.6 is 0 Å². The molecule has 12 heavy (non-hydrogen) atoms. The van der Waals surface area contributed by atoms with Crippen LogP contribution in [0.15, 0.2) is 0 Å². The lowest BCUT2D eigenvalue weighted by atomic mass is 9.79. The lowest BCUT2D eigenvalue weighted by molar-refractivity contribution is 0.159. The van der Waals surface area contributed by atoms with Crippen LogP contribution < -0.4 is 0 Å². The van der Waals surface area contributed by atoms with E-state index < -0.39 is 0 Å². The van der Waals surface area contributed by atoms with Crippen molar-refractivity contribution in [3.8, 4) is 0 Å². The van der Waals surface area contributed by atoms with Crippen molar-refractivity contribution in [3.63, 3.8) is 0 Å². The molecule has 0 aromatic heterocycles. The van der Waals surface area contributed by atoms with Crippen LogP contribution in [0.5, 0.6) is 0 Å². The highest BCUT2D eigenvalue weighted by Crippen LogP contribution is 2.31. The molecule has 0 amide bonds. The van der Waals surface area contributed by atoms with Gasteiger partial charge in [0.1, 0.15) is 0 Å². The van der Waals surface area contributed by atoms with E-state index in [1.807, 2.05) is 0 Å². The summed E-state index contributed by atoms with van der Waals surface area (Å²) in [7, 11) is 4.43. The molecule has 0 unspecified atom stereocenters. The Labute approximate surface area is 77.1 Å². The summed E-state index contributed by atoms with van der Waals surface area (Å²) in [5.74, 6) is 1.86. The number of hydrogen-bond donors (Lipinski definition) is 0. The fourth-order valence-electron chi connectivity index (χ4n) is 2.28. The Morgan fingerprint density at radius 3 is 2.33 bits per heavy atom. The van der Waals surface area contributed by atoms with Crippen molar-refractivity contribution in [2.75, 3.05) is 14.1 Å². The molecule has 1 aliphatic rings. The molecule has 0 N–H and O–H groups in total. The first kappa shape index (κ1) is 10.0. The van der Waals surface area contributed by atoms with E-state index in [1.54, 1.807) is 0 Å². The average molecular weight is 169 g/mol. The first-order valence-corrected chi connectivity index (χ1v) is 5.27. The second-order valence-electron chi connectivity index (χ2n) is 4.79. The molecule has 0 aromatic carbocycles. The van der Waals surface area contributed by atoms with Crippen LogP contribution in [0.4, 0.5) is 0 Å². The summed E-state index contributed by atoms with van der Waals surface area (Å²) >= 11 is 0. The SMILES string of the molecule is CC(C)[C@H]1CCC[C@@H](N(C)C)C1. The molecular formula is C11H23N. The topological polar surface area (TPSA) is 3.24 Å². The van der Waals surface area contributed by atoms with Gasteiger partial charge in [-0.2, -0.15) is 0 Å². The van der Waals surface area contributed by atoms with Gasteiger partial charge in [0, 0.05) is 6.04 Å². The molecule has 1 aliphatic carbocycles. The molecule has 2 atom stereocenters. The summed E-state index contributed by atoms with van der Waals surface area (Å²) in [6.07, 6.45) is 5.73. The predicted molar refractivity (Wildman–Crippen MR) is 54.3 cm³/mol. The summed E-state index contributed by atoms with van der Waals surface area (Å²) in [5.41, 5.74) is 0. The Kier molecular flexibility index (Phi) is 3.57. The second-order valence-corrected chi connectivity index (χ2v) is 4.79. The van der Waals surface area contributed by atoms with E-state index >= 15 is 0 Å². The van der Waals surface area contributed by atoms with Gasteiger partial charge < -0.3 is 4.90 Å². The third kappa shape index (κ3) is 2.48. The standard InChI is InChI=1S/C11H23N/c1-9(2)10-6-5-7-11(8-10)12(3)4/h9-11H,5-8H2,1-4H3/t10-,11+/m0/s1. The average Bonchev–Trinajstić information content (AvgIpc) is 2.04. The maximum Gasteiger partial charge on any atom is 0.00919 e. The molecular weight excluding hydrogens is 146 g/mol. The Morgan fingerprint density at radius 2 is 1.83 bits per heavy atom. The minimum Gasteiger partial charge on any atom is -0.306 e. The zero-order valence-corrected chi connectivity index (χ0v) is 9.01. The fraction of sp³-hybridized carbons (Fsp3) is 1.00. The minimum absolute atomic E-state index is 0.853. The second kappa shape index (κ2) is 4.27. The summed E-state index contributed by atoms with van der Waals surface area (Å²) in [5, 5.41) is 0. The van der Waals surface area contributed by atoms with Gasteiger partial charge in [0.05, 0.1) is 0 Å². The van der Waals surface area contributed by atoms with Gasteiger partial charge in [-0.25, -0.2) is 0 Å². The van der Waals surface area contributed by atoms with Gasteiger partial charge in [0.2, 0.25) is 0 Å². The molecule has 0 saturated heterocycles. The molecule has 1 fully saturated rings. The summed E-state index contributed by atoms with van der Waals surface area (Å²) in [6, 6.07) is 0.853. The summed E-state index contributed by atoms with van der Waals surface area (Å²) in [6.45, 7) is 4.73. The predicted octanol–water partition coefficient (Wildman–Crippen LogP) is 2.76. The Bertz CT molecular complexity index is 115. The first-order valence-electron chi connectivity index (χ1n) is 5.27. The van der Waals surface area contributed by atoms with Gasteiger partial charge in [0.25, 0.3) is 0 Å². The molecule has 0 heterocycles. The molecule has 72 valence electrons. The quantitative estimate of drug-likeness (QED) is 0.614. The minimum atomic E-state index is 0.853. The normalized spacial score (nSPS) is 31.5. The van der Waals surface area contributed by atoms with Gasteiger partial charge >= 0.3 is 0 Å². The van der Waals surface area contributed by atoms with Crippen molar-refractivity contribution in [3.05, 3.63) is 0 Å². The van der Waals surface area contributed by atoms with E-state index in [9.17, 15) is 0 Å². The van der Waals surface area contributed by atoms with Crippen molar-refractivity contribution >= 4 is 0 Å². The monoisotopic (exact) mass is 169 g/mol. The van der Waals surface area contributed by atoms with Crippen molar-refractivity contribution in [1.29, 1.82) is 0 Å². The van der Waals surface area contributed by atoms with Gasteiger partial charge in [-0.05, 0) is 38.8 Å². The van der Waals surface area contributed by atoms with Gasteiger partial charge in [-0.15, -0.1) is 0 Å². The van der Waals surface area contributed by atoms with E-state index in [0.29, 0.717) is 0 Å². The van der Waals surface area contributed by atoms with Crippen molar-refractivity contribution < 1.29 is 0 Å². The summed E-state index contributed by atoms with van der Waals surface area (Å²) < 4.78 is 0. The lowest BCUT2D eigenvalue weighted by Crippen LogP contribution is -2.34. The maximum atomic E-state index is 2.40. The van der Waals surface area contributed by atoms with E-state index in [4.69, 9.17) is 0 Å². The van der Waals surface area contributed by atoms with Crippen LogP contribution in [0.3, 0.4) is 0 Å². The molecule has 1 heteroatoms. The molecule has 1 nitrogen and oxygen atoms in total. The van der Waals surface area contributed by atoms with E-state index in [2.05, 4.69) is 32.8 Å². The largest absolute Gasteiger partial charge is 0.306 e. The number of hydrogen-bond acceptors (Lipinski definition) is 1. The van der Waals surface area contributed by atoms with Crippen LogP contribution in [0.25, 0.3) is 0 Å². The highest BCUT2D eigenvalue weighted by Gasteiger charge is 2.24. The molecule has 1 rings (SSSR count). The van der Waals surface area contributed by atoms with Gasteiger partial charge in [-0.3, -0.25) is 0 Å². The molecule has 1 saturated carbocycles. The van der Waals surface area contributed by atoms with E-state index in [0.717, 1.165) is 17.9 Å². The maximum absolute atomic E-state index is 2.40. The molecule has 0 aromatic rings. The molecule has 0 radical (unpaired) electrons. The van der Waals surface area contributed by atoms with E-state index in [1.165, 1.54) is 25.7 Å². The van der Waals surface area contributed by atoms with Gasteiger partial charge in [0.15, 0.2) is 0 Å². The van der Waals surface area contributed by atoms with Crippen LogP contribution in [0.2, 0.25) is 0 Å². The highest BCUT2D eigenvalue weighted by molar-refractivity contribution is 4.78.